The van der Waals surface area contributed by atoms with Crippen LogP contribution in [-0.2, 0) is 21.1 Å². The molecule has 0 bridgehead atoms. The Morgan fingerprint density at radius 1 is 0.838 bits per heavy atom. The maximum absolute atomic E-state index is 6.25. The van der Waals surface area contributed by atoms with Crippen LogP contribution in [0.4, 0.5) is 5.69 Å². The van der Waals surface area contributed by atoms with Crippen molar-refractivity contribution < 1.29 is 25.8 Å². The second-order valence-corrected chi connectivity index (χ2v) is 9.05. The summed E-state index contributed by atoms with van der Waals surface area (Å²) >= 11 is 0. The Morgan fingerprint density at radius 3 is 2.43 bits per heavy atom. The molecule has 0 amide bonds. The van der Waals surface area contributed by atoms with Crippen molar-refractivity contribution in [1.29, 1.82) is 0 Å². The van der Waals surface area contributed by atoms with Crippen molar-refractivity contribution in [3.63, 3.8) is 0 Å². The summed E-state index contributed by atoms with van der Waals surface area (Å²) in [5.74, 6) is 2.04. The van der Waals surface area contributed by atoms with Crippen LogP contribution >= 0.6 is 0 Å². The zero-order chi connectivity index (χ0) is 24.8. The Kier molecular flexibility index (Phi) is 6.61. The van der Waals surface area contributed by atoms with Gasteiger partial charge in [-0.25, -0.2) is 4.98 Å². The number of pyridine rings is 1. The molecule has 0 aliphatic carbocycles. The molecule has 0 saturated carbocycles. The van der Waals surface area contributed by atoms with E-state index in [0.717, 1.165) is 50.4 Å². The summed E-state index contributed by atoms with van der Waals surface area (Å²) in [6, 6.07) is 31.2. The number of rotatable bonds is 5. The molecule has 0 aliphatic heterocycles. The minimum absolute atomic E-state index is 0. The van der Waals surface area contributed by atoms with Gasteiger partial charge in [0.05, 0.1) is 5.69 Å². The fraction of sp³-hybridized carbons (Fsp3) is 0.133. The molecule has 6 nitrogen and oxygen atoms in total. The van der Waals surface area contributed by atoms with Gasteiger partial charge in [0.2, 0.25) is 0 Å². The monoisotopic (exact) mass is 666 g/mol. The van der Waals surface area contributed by atoms with E-state index in [-0.39, 0.29) is 21.1 Å². The maximum atomic E-state index is 6.25. The molecule has 0 spiro atoms. The molecular weight excluding hydrogens is 641 g/mol. The Balaban J connectivity index is 0.00000280. The van der Waals surface area contributed by atoms with Crippen LogP contribution in [0.1, 0.15) is 11.4 Å². The smallest absolute Gasteiger partial charge is 0.509 e. The van der Waals surface area contributed by atoms with E-state index in [9.17, 15) is 0 Å². The van der Waals surface area contributed by atoms with Crippen molar-refractivity contribution in [1.82, 2.24) is 19.3 Å². The van der Waals surface area contributed by atoms with Crippen molar-refractivity contribution in [3.05, 3.63) is 103 Å². The summed E-state index contributed by atoms with van der Waals surface area (Å²) in [7, 11) is 4.06. The molecular formula is C30H25N5OPt. The fourth-order valence-corrected chi connectivity index (χ4v) is 4.59. The Labute approximate surface area is 230 Å². The van der Waals surface area contributed by atoms with Crippen molar-refractivity contribution in [2.45, 2.75) is 13.8 Å². The van der Waals surface area contributed by atoms with E-state index in [0.29, 0.717) is 11.5 Å². The normalized spacial score (nSPS) is 11.0. The van der Waals surface area contributed by atoms with Gasteiger partial charge in [-0.15, -0.1) is 35.7 Å². The molecule has 3 aromatic heterocycles. The van der Waals surface area contributed by atoms with E-state index in [1.165, 1.54) is 0 Å². The number of nitrogens with zero attached hydrogens (tertiary/aromatic N) is 5. The van der Waals surface area contributed by atoms with Gasteiger partial charge >= 0.3 is 21.1 Å². The third kappa shape index (κ3) is 4.54. The van der Waals surface area contributed by atoms with E-state index in [4.69, 9.17) is 9.72 Å². The van der Waals surface area contributed by atoms with Gasteiger partial charge in [-0.1, -0.05) is 23.7 Å². The summed E-state index contributed by atoms with van der Waals surface area (Å²) in [5, 5.41) is 6.80. The summed E-state index contributed by atoms with van der Waals surface area (Å²) in [4.78, 5) is 6.77. The molecule has 0 unspecified atom stereocenters. The van der Waals surface area contributed by atoms with E-state index in [1.54, 1.807) is 0 Å². The number of hydrogen-bond donors (Lipinski definition) is 0. The molecule has 0 saturated heterocycles. The van der Waals surface area contributed by atoms with E-state index >= 15 is 0 Å². The van der Waals surface area contributed by atoms with Crippen molar-refractivity contribution in [2.75, 3.05) is 19.0 Å². The van der Waals surface area contributed by atoms with Crippen LogP contribution in [0.2, 0.25) is 0 Å². The Morgan fingerprint density at radius 2 is 1.65 bits per heavy atom. The van der Waals surface area contributed by atoms with Gasteiger partial charge in [0.25, 0.3) is 0 Å². The van der Waals surface area contributed by atoms with Gasteiger partial charge in [-0.2, -0.15) is 17.2 Å². The number of para-hydroxylation sites is 1. The first-order valence-corrected chi connectivity index (χ1v) is 11.8. The first kappa shape index (κ1) is 24.8. The molecule has 6 aromatic rings. The van der Waals surface area contributed by atoms with Gasteiger partial charge in [-0.3, -0.25) is 4.68 Å². The quantitative estimate of drug-likeness (QED) is 0.199. The van der Waals surface area contributed by atoms with Crippen LogP contribution < -0.4 is 9.64 Å². The summed E-state index contributed by atoms with van der Waals surface area (Å²) in [6.07, 6.45) is 1.84. The molecule has 37 heavy (non-hydrogen) atoms. The molecule has 186 valence electrons. The standard InChI is InChI=1S/C30H25N5O.Pt/c1-20-16-21(2)35(32-20)23-8-7-9-24(17-23)36-25-12-13-27-26-10-5-6-11-28(26)34(29(27)19-25)30-18-22(33(3)4)14-15-31-30;/h5-16,18H,1-4H3;/q-2;+2. The molecule has 7 heteroatoms. The van der Waals surface area contributed by atoms with Crippen LogP contribution in [0, 0.1) is 26.0 Å². The van der Waals surface area contributed by atoms with Gasteiger partial charge in [0.15, 0.2) is 0 Å². The number of aromatic nitrogens is 4. The largest absolute Gasteiger partial charge is 2.00 e. The molecule has 0 atom stereocenters. The van der Waals surface area contributed by atoms with Crippen LogP contribution in [0.5, 0.6) is 11.5 Å². The summed E-state index contributed by atoms with van der Waals surface area (Å²) < 4.78 is 10.3. The van der Waals surface area contributed by atoms with E-state index < -0.39 is 0 Å². The number of fused-ring (bicyclic) bond motifs is 3. The summed E-state index contributed by atoms with van der Waals surface area (Å²) in [5.41, 5.74) is 5.90. The molecule has 0 aliphatic rings. The van der Waals surface area contributed by atoms with Crippen LogP contribution in [-0.4, -0.2) is 33.4 Å². The molecule has 0 N–H and O–H groups in total. The van der Waals surface area contributed by atoms with Crippen molar-refractivity contribution >= 4 is 27.5 Å². The van der Waals surface area contributed by atoms with Crippen molar-refractivity contribution in [3.8, 4) is 23.0 Å². The second-order valence-electron chi connectivity index (χ2n) is 9.05. The summed E-state index contributed by atoms with van der Waals surface area (Å²) in [6.45, 7) is 4.01. The first-order chi connectivity index (χ1) is 17.5. The molecule has 0 fully saturated rings. The topological polar surface area (TPSA) is 48.1 Å². The Hall–Kier alpha value is -3.89. The zero-order valence-electron chi connectivity index (χ0n) is 21.0. The Bertz CT molecular complexity index is 1730. The third-order valence-electron chi connectivity index (χ3n) is 6.24. The number of aryl methyl sites for hydroxylation is 2. The average Bonchev–Trinajstić information content (AvgIpc) is 3.40. The average molecular weight is 667 g/mol. The van der Waals surface area contributed by atoms with E-state index in [1.807, 2.05) is 81.3 Å². The maximum Gasteiger partial charge on any atom is 2.00 e. The van der Waals surface area contributed by atoms with Crippen LogP contribution in [0.15, 0.2) is 79.0 Å². The van der Waals surface area contributed by atoms with Crippen LogP contribution in [0.25, 0.3) is 33.3 Å². The first-order valence-electron chi connectivity index (χ1n) is 11.8. The SMILES string of the molecule is Cc1cc(C)n(-c2[c-]c(Oc3[c-]c4c(cc3)c3ccccc3n4-c3cc(N(C)C)ccn3)ccc2)n1.[Pt+2]. The minimum atomic E-state index is 0. The predicted octanol–water partition coefficient (Wildman–Crippen LogP) is 6.44. The second kappa shape index (κ2) is 9.87. The minimum Gasteiger partial charge on any atom is -0.509 e. The molecule has 0 radical (unpaired) electrons. The third-order valence-corrected chi connectivity index (χ3v) is 6.24. The van der Waals surface area contributed by atoms with Gasteiger partial charge in [-0.05, 0) is 43.1 Å². The van der Waals surface area contributed by atoms with Crippen molar-refractivity contribution in [2.24, 2.45) is 0 Å². The number of anilines is 1. The number of hydrogen-bond acceptors (Lipinski definition) is 4. The van der Waals surface area contributed by atoms with Crippen LogP contribution in [0.3, 0.4) is 0 Å². The predicted molar refractivity (Wildman–Crippen MR) is 144 cm³/mol. The van der Waals surface area contributed by atoms with Gasteiger partial charge < -0.3 is 14.2 Å². The molecule has 3 heterocycles. The zero-order valence-corrected chi connectivity index (χ0v) is 23.2. The number of benzene rings is 3. The van der Waals surface area contributed by atoms with Gasteiger partial charge in [0.1, 0.15) is 5.82 Å². The molecule has 6 rings (SSSR count). The van der Waals surface area contributed by atoms with Gasteiger partial charge in [0, 0.05) is 54.8 Å². The van der Waals surface area contributed by atoms with E-state index in [2.05, 4.69) is 57.0 Å². The fourth-order valence-electron chi connectivity index (χ4n) is 4.59. The number of ether oxygens (including phenoxy) is 1. The molecule has 3 aromatic carbocycles.